The van der Waals surface area contributed by atoms with E-state index >= 15 is 0 Å². The summed E-state index contributed by atoms with van der Waals surface area (Å²) in [5.74, 6) is -4.74. The molecule has 5 N–H and O–H groups in total. The number of aliphatic hydroxyl groups is 2. The largest absolute Gasteiger partial charge is 0.459 e. The van der Waals surface area contributed by atoms with Gasteiger partial charge in [0.05, 0.1) is 37.8 Å². The predicted molar refractivity (Wildman–Crippen MR) is 331 cm³/mol. The van der Waals surface area contributed by atoms with Crippen LogP contribution in [0, 0.1) is 29.6 Å². The van der Waals surface area contributed by atoms with Gasteiger partial charge in [0, 0.05) is 122 Å². The number of allylic oxidation sites excluding steroid dienone is 6. The van der Waals surface area contributed by atoms with Crippen LogP contribution >= 0.6 is 0 Å². The number of cyclic esters (lactones) is 1. The van der Waals surface area contributed by atoms with Crippen LogP contribution < -0.4 is 16.0 Å². The Morgan fingerprint density at radius 2 is 1.59 bits per heavy atom. The van der Waals surface area contributed by atoms with Crippen molar-refractivity contribution in [3.63, 3.8) is 0 Å². The number of ketones is 2. The number of aliphatic hydroxyl groups excluding tert-OH is 1. The van der Waals surface area contributed by atoms with Crippen molar-refractivity contribution in [2.45, 2.75) is 212 Å². The minimum absolute atomic E-state index is 0.00919. The number of nitrogens with zero attached hydrogens (tertiary/aromatic N) is 5. The highest BCUT2D eigenvalue weighted by atomic mass is 16.6. The Hall–Kier alpha value is -5.46. The van der Waals surface area contributed by atoms with Crippen molar-refractivity contribution in [3.05, 3.63) is 65.6 Å². The molecule has 3 saturated heterocycles. The lowest BCUT2D eigenvalue weighted by Crippen LogP contribution is -2.55. The molecule has 492 valence electrons. The number of piperidine rings is 1. The number of alkyl carbamates (subject to hydrolysis) is 1. The molecule has 5 aliphatic rings. The molecule has 22 heteroatoms. The zero-order valence-corrected chi connectivity index (χ0v) is 54.0. The molecular weight excluding hydrogens is 1130 g/mol. The molecule has 3 amide bonds. The smallest absolute Gasteiger partial charge is 0.407 e. The SMILES string of the molecule is CCCOCCC(=O)N1CCN(c2ncc(CNC(=O)O[C@@H]3CC[C@@H](C[C@@H](N)[C@@H]4CC(=O)[C@H](C)/C=C(\C)[C@@H](O)[C@@H](OC)C(=O)[C@H](C)C[C@H](C)/C=C/C=C/C=C(\C)[C@@H](OC)C[C@@H]5CC[C@@H](C)[C@](O)(CC(=O)N6CCCC[C@H]6C(=O)O4)O5)C[C@H]3OC)cn2)CC1. The zero-order valence-electron chi connectivity index (χ0n) is 54.0. The Bertz CT molecular complexity index is 2560. The van der Waals surface area contributed by atoms with Crippen LogP contribution in [-0.2, 0) is 63.7 Å². The van der Waals surface area contributed by atoms with Gasteiger partial charge in [-0.3, -0.25) is 19.2 Å². The van der Waals surface area contributed by atoms with Crippen molar-refractivity contribution in [1.82, 2.24) is 25.1 Å². The number of fused-ring (bicyclic) bond motifs is 3. The van der Waals surface area contributed by atoms with Gasteiger partial charge in [-0.05, 0) is 107 Å². The summed E-state index contributed by atoms with van der Waals surface area (Å²) >= 11 is 0. The van der Waals surface area contributed by atoms with E-state index in [0.717, 1.165) is 12.0 Å². The molecule has 1 aromatic rings. The summed E-state index contributed by atoms with van der Waals surface area (Å²) in [6.45, 7) is 16.7. The molecule has 2 bridgehead atoms. The van der Waals surface area contributed by atoms with Gasteiger partial charge in [0.1, 0.15) is 36.2 Å². The Balaban J connectivity index is 1.13. The first-order chi connectivity index (χ1) is 42.1. The quantitative estimate of drug-likeness (QED) is 0.0791. The van der Waals surface area contributed by atoms with Crippen LogP contribution in [0.3, 0.4) is 0 Å². The molecule has 15 atom stereocenters. The number of carbonyl (C=O) groups is 6. The fraction of sp³-hybridized carbons (Fsp3) is 0.727. The lowest BCUT2D eigenvalue weighted by molar-refractivity contribution is -0.284. The van der Waals surface area contributed by atoms with E-state index in [1.54, 1.807) is 46.5 Å². The van der Waals surface area contributed by atoms with Gasteiger partial charge in [-0.2, -0.15) is 0 Å². The normalized spacial score (nSPS) is 33.8. The van der Waals surface area contributed by atoms with Gasteiger partial charge in [-0.1, -0.05) is 71.1 Å². The van der Waals surface area contributed by atoms with Crippen LogP contribution in [0.15, 0.2) is 60.0 Å². The molecule has 0 aromatic carbocycles. The fourth-order valence-corrected chi connectivity index (χ4v) is 12.8. The number of amides is 3. The molecule has 1 saturated carbocycles. The number of nitrogens with two attached hydrogens (primary N) is 1. The van der Waals surface area contributed by atoms with Crippen molar-refractivity contribution in [2.24, 2.45) is 35.3 Å². The topological polar surface area (TPSA) is 281 Å². The van der Waals surface area contributed by atoms with Crippen molar-refractivity contribution in [1.29, 1.82) is 0 Å². The molecule has 4 fully saturated rings. The van der Waals surface area contributed by atoms with Gasteiger partial charge < -0.3 is 69.1 Å². The van der Waals surface area contributed by atoms with E-state index in [-0.39, 0.29) is 67.3 Å². The molecule has 4 aliphatic heterocycles. The van der Waals surface area contributed by atoms with Gasteiger partial charge in [0.2, 0.25) is 17.8 Å². The van der Waals surface area contributed by atoms with Crippen molar-refractivity contribution in [2.75, 3.05) is 72.2 Å². The molecule has 0 unspecified atom stereocenters. The maximum Gasteiger partial charge on any atom is 0.407 e. The standard InChI is InChI=1S/C66H103N7O15/c1-11-30-85-31-24-58(75)71-26-28-72(29-27-71)64-68-39-49(40-69-64)41-70-65(80)87-54-23-21-48(35-57(54)83-9)34-51(67)56-37-53(74)44(4)33-46(6)61(78)62(84-10)60(77)45(5)32-42(2)17-13-12-14-18-43(3)55(82-8)36-50-22-20-47(7)66(81,88-50)38-59(76)73-25-16-15-19-52(73)63(79)86-56/h12-14,17-18,33,39-40,42,44-45,47-48,50-52,54-57,61-62,78,81H,11,15-16,19-32,34-38,41,67H2,1-10H3,(H,70,80)/b14-12+,17-13+,43-18+,46-33+/t42-,44-,45-,47-,48+,50+,51-,52+,54-,55+,56+,57-,61-,62+,66+/m1/s1. The summed E-state index contributed by atoms with van der Waals surface area (Å²) < 4.78 is 41.6. The van der Waals surface area contributed by atoms with Gasteiger partial charge in [-0.25, -0.2) is 19.6 Å². The van der Waals surface area contributed by atoms with Crippen LogP contribution in [0.2, 0.25) is 0 Å². The number of hydrogen-bond donors (Lipinski definition) is 4. The number of anilines is 1. The number of Topliss-reactive ketones (excluding diaryl/α,β-unsaturated/α-hetero) is 2. The Morgan fingerprint density at radius 1 is 0.852 bits per heavy atom. The average Bonchev–Trinajstić information content (AvgIpc) is 3.37. The Kier molecular flexibility index (Phi) is 28.7. The lowest BCUT2D eigenvalue weighted by atomic mass is 9.80. The number of aromatic nitrogens is 2. The highest BCUT2D eigenvalue weighted by Gasteiger charge is 2.47. The van der Waals surface area contributed by atoms with E-state index in [0.29, 0.717) is 134 Å². The first-order valence-corrected chi connectivity index (χ1v) is 32.1. The Morgan fingerprint density at radius 3 is 2.28 bits per heavy atom. The first kappa shape index (κ1) is 71.6. The van der Waals surface area contributed by atoms with E-state index in [2.05, 4.69) is 15.3 Å². The van der Waals surface area contributed by atoms with Crippen LogP contribution in [0.1, 0.15) is 150 Å². The molecule has 22 nitrogen and oxygen atoms in total. The van der Waals surface area contributed by atoms with E-state index in [1.165, 1.54) is 12.0 Å². The summed E-state index contributed by atoms with van der Waals surface area (Å²) in [6.07, 6.45) is 14.5. The summed E-state index contributed by atoms with van der Waals surface area (Å²) in [5, 5.41) is 26.6. The van der Waals surface area contributed by atoms with E-state index in [1.807, 2.05) is 74.8 Å². The number of esters is 1. The molecule has 1 aromatic heterocycles. The fourth-order valence-electron chi connectivity index (χ4n) is 12.8. The van der Waals surface area contributed by atoms with Gasteiger partial charge in [0.15, 0.2) is 11.6 Å². The maximum atomic E-state index is 14.7. The zero-order chi connectivity index (χ0) is 64.1. The molecule has 5 heterocycles. The number of nitrogens with one attached hydrogen (secondary N) is 1. The van der Waals surface area contributed by atoms with Gasteiger partial charge >= 0.3 is 12.1 Å². The molecule has 0 radical (unpaired) electrons. The van der Waals surface area contributed by atoms with Gasteiger partial charge in [0.25, 0.3) is 0 Å². The Labute approximate surface area is 521 Å². The molecular formula is C66H103N7O15. The second-order valence-electron chi connectivity index (χ2n) is 25.2. The van der Waals surface area contributed by atoms with Crippen molar-refractivity contribution < 1.29 is 72.1 Å². The maximum absolute atomic E-state index is 14.7. The highest BCUT2D eigenvalue weighted by Crippen LogP contribution is 2.39. The second kappa shape index (κ2) is 35.2. The molecule has 88 heavy (non-hydrogen) atoms. The molecule has 0 spiro atoms. The number of rotatable bonds is 15. The first-order valence-electron chi connectivity index (χ1n) is 32.1. The minimum Gasteiger partial charge on any atom is -0.459 e. The summed E-state index contributed by atoms with van der Waals surface area (Å²) in [7, 11) is 4.55. The predicted octanol–water partition coefficient (Wildman–Crippen LogP) is 6.88. The summed E-state index contributed by atoms with van der Waals surface area (Å²) in [4.78, 5) is 97.7. The van der Waals surface area contributed by atoms with E-state index in [9.17, 15) is 39.0 Å². The number of hydrogen-bond acceptors (Lipinski definition) is 19. The minimum atomic E-state index is -1.81. The third-order valence-electron chi connectivity index (χ3n) is 18.4. The number of ether oxygens (including phenoxy) is 7. The molecule has 1 aliphatic carbocycles. The summed E-state index contributed by atoms with van der Waals surface area (Å²) in [5.41, 5.74) is 9.03. The van der Waals surface area contributed by atoms with Crippen molar-refractivity contribution in [3.8, 4) is 0 Å². The second-order valence-corrected chi connectivity index (χ2v) is 25.2. The van der Waals surface area contributed by atoms with Crippen LogP contribution in [0.5, 0.6) is 0 Å². The van der Waals surface area contributed by atoms with E-state index < -0.39 is 84.3 Å². The highest BCUT2D eigenvalue weighted by molar-refractivity contribution is 5.87. The number of methoxy groups -OCH3 is 3. The average molecular weight is 1230 g/mol. The monoisotopic (exact) mass is 1230 g/mol. The molecule has 6 rings (SSSR count). The van der Waals surface area contributed by atoms with Crippen LogP contribution in [-0.4, -0.2) is 193 Å². The van der Waals surface area contributed by atoms with Crippen LogP contribution in [0.4, 0.5) is 10.7 Å². The van der Waals surface area contributed by atoms with Crippen LogP contribution in [0.25, 0.3) is 0 Å². The third kappa shape index (κ3) is 20.8. The summed E-state index contributed by atoms with van der Waals surface area (Å²) in [6, 6.07) is -1.89. The van der Waals surface area contributed by atoms with E-state index in [4.69, 9.17) is 38.9 Å². The van der Waals surface area contributed by atoms with Crippen molar-refractivity contribution >= 4 is 41.4 Å². The lowest BCUT2D eigenvalue weighted by Gasteiger charge is -2.44. The third-order valence-corrected chi connectivity index (χ3v) is 18.4. The number of piperazine rings is 1. The number of carbonyl (C=O) groups excluding carboxylic acids is 6. The van der Waals surface area contributed by atoms with Gasteiger partial charge in [-0.15, -0.1) is 0 Å².